The molecule has 0 saturated carbocycles. The lowest BCUT2D eigenvalue weighted by atomic mass is 10.1. The van der Waals surface area contributed by atoms with Crippen molar-refractivity contribution >= 4 is 10.9 Å². The van der Waals surface area contributed by atoms with E-state index in [1.54, 1.807) is 0 Å². The summed E-state index contributed by atoms with van der Waals surface area (Å²) in [5, 5.41) is 4.92. The normalized spacial score (nSPS) is 25.0. The lowest BCUT2D eigenvalue weighted by Crippen LogP contribution is -2.53. The molecule has 2 heterocycles. The number of aromatic amines is 1. The quantitative estimate of drug-likeness (QED) is 0.866. The van der Waals surface area contributed by atoms with Crippen LogP contribution in [0.3, 0.4) is 0 Å². The Kier molecular flexibility index (Phi) is 3.33. The monoisotopic (exact) mass is 257 g/mol. The molecule has 1 aromatic heterocycles. The molecule has 1 aromatic carbocycles. The summed E-state index contributed by atoms with van der Waals surface area (Å²) in [4.78, 5) is 6.09. The van der Waals surface area contributed by atoms with E-state index in [2.05, 4.69) is 60.2 Å². The number of nitrogens with one attached hydrogen (secondary N) is 2. The molecule has 0 radical (unpaired) electrons. The fourth-order valence-corrected chi connectivity index (χ4v) is 3.06. The van der Waals surface area contributed by atoms with E-state index in [9.17, 15) is 0 Å². The van der Waals surface area contributed by atoms with Crippen LogP contribution in [0.25, 0.3) is 10.9 Å². The van der Waals surface area contributed by atoms with Gasteiger partial charge in [-0.1, -0.05) is 18.2 Å². The van der Waals surface area contributed by atoms with Gasteiger partial charge in [-0.3, -0.25) is 4.90 Å². The minimum atomic E-state index is 0.585. The van der Waals surface area contributed by atoms with E-state index < -0.39 is 0 Å². The maximum Gasteiger partial charge on any atom is 0.0459 e. The second-order valence-electron chi connectivity index (χ2n) is 5.86. The number of benzene rings is 1. The SMILES string of the molecule is Cc1[nH]c2ccccc2c1CN1CC(C)NCC1C. The number of hydrogen-bond acceptors (Lipinski definition) is 2. The van der Waals surface area contributed by atoms with Crippen molar-refractivity contribution in [3.63, 3.8) is 0 Å². The molecule has 0 bridgehead atoms. The smallest absolute Gasteiger partial charge is 0.0459 e. The first-order chi connectivity index (χ1) is 9.15. The van der Waals surface area contributed by atoms with Crippen LogP contribution in [0, 0.1) is 6.92 Å². The van der Waals surface area contributed by atoms with Crippen LogP contribution in [0.1, 0.15) is 25.1 Å². The molecule has 19 heavy (non-hydrogen) atoms. The van der Waals surface area contributed by atoms with Crippen molar-refractivity contribution in [3.05, 3.63) is 35.5 Å². The summed E-state index contributed by atoms with van der Waals surface area (Å²) in [6, 6.07) is 9.80. The van der Waals surface area contributed by atoms with E-state index in [-0.39, 0.29) is 0 Å². The molecule has 0 amide bonds. The maximum absolute atomic E-state index is 3.54. The van der Waals surface area contributed by atoms with Gasteiger partial charge in [-0.2, -0.15) is 0 Å². The van der Waals surface area contributed by atoms with Crippen molar-refractivity contribution in [2.45, 2.75) is 39.4 Å². The zero-order valence-electron chi connectivity index (χ0n) is 12.0. The Bertz CT molecular complexity index is 572. The number of nitrogens with zero attached hydrogens (tertiary/aromatic N) is 1. The van der Waals surface area contributed by atoms with Crippen LogP contribution in [0.4, 0.5) is 0 Å². The summed E-state index contributed by atoms with van der Waals surface area (Å²) in [5.41, 5.74) is 4.02. The van der Waals surface area contributed by atoms with Gasteiger partial charge in [0.25, 0.3) is 0 Å². The van der Waals surface area contributed by atoms with Crippen molar-refractivity contribution in [3.8, 4) is 0 Å². The van der Waals surface area contributed by atoms with Gasteiger partial charge in [0.2, 0.25) is 0 Å². The Morgan fingerprint density at radius 3 is 2.89 bits per heavy atom. The van der Waals surface area contributed by atoms with Crippen LogP contribution in [0.15, 0.2) is 24.3 Å². The van der Waals surface area contributed by atoms with Gasteiger partial charge in [0.05, 0.1) is 0 Å². The van der Waals surface area contributed by atoms with E-state index in [0.29, 0.717) is 12.1 Å². The number of hydrogen-bond donors (Lipinski definition) is 2. The van der Waals surface area contributed by atoms with Crippen LogP contribution in [-0.4, -0.2) is 35.1 Å². The average molecular weight is 257 g/mol. The van der Waals surface area contributed by atoms with Gasteiger partial charge in [0.1, 0.15) is 0 Å². The van der Waals surface area contributed by atoms with Crippen molar-refractivity contribution in [1.29, 1.82) is 0 Å². The third-order valence-electron chi connectivity index (χ3n) is 4.28. The molecule has 2 unspecified atom stereocenters. The molecule has 2 atom stereocenters. The van der Waals surface area contributed by atoms with Crippen LogP contribution in [0.5, 0.6) is 0 Å². The second kappa shape index (κ2) is 4.99. The Morgan fingerprint density at radius 1 is 1.26 bits per heavy atom. The second-order valence-corrected chi connectivity index (χ2v) is 5.86. The summed E-state index contributed by atoms with van der Waals surface area (Å²) in [6.45, 7) is 10.0. The molecule has 1 fully saturated rings. The molecule has 1 saturated heterocycles. The van der Waals surface area contributed by atoms with Crippen LogP contribution >= 0.6 is 0 Å². The average Bonchev–Trinajstić information content (AvgIpc) is 2.71. The van der Waals surface area contributed by atoms with Gasteiger partial charge in [0, 0.05) is 48.3 Å². The number of rotatable bonds is 2. The molecule has 3 rings (SSSR count). The molecular weight excluding hydrogens is 234 g/mol. The van der Waals surface area contributed by atoms with Crippen molar-refractivity contribution in [2.24, 2.45) is 0 Å². The van der Waals surface area contributed by atoms with E-state index in [1.165, 1.54) is 22.2 Å². The van der Waals surface area contributed by atoms with Crippen molar-refractivity contribution in [1.82, 2.24) is 15.2 Å². The number of piperazine rings is 1. The molecule has 1 aliphatic rings. The minimum absolute atomic E-state index is 0.585. The summed E-state index contributed by atoms with van der Waals surface area (Å²) in [5.74, 6) is 0. The van der Waals surface area contributed by atoms with E-state index in [4.69, 9.17) is 0 Å². The Hall–Kier alpha value is -1.32. The predicted octanol–water partition coefficient (Wildman–Crippen LogP) is 2.66. The summed E-state index contributed by atoms with van der Waals surface area (Å²) in [7, 11) is 0. The summed E-state index contributed by atoms with van der Waals surface area (Å²) in [6.07, 6.45) is 0. The van der Waals surface area contributed by atoms with Gasteiger partial charge in [0.15, 0.2) is 0 Å². The Balaban J connectivity index is 1.90. The topological polar surface area (TPSA) is 31.1 Å². The van der Waals surface area contributed by atoms with Crippen LogP contribution in [0.2, 0.25) is 0 Å². The first-order valence-corrected chi connectivity index (χ1v) is 7.18. The first kappa shape index (κ1) is 12.7. The number of fused-ring (bicyclic) bond motifs is 1. The largest absolute Gasteiger partial charge is 0.358 e. The maximum atomic E-state index is 3.54. The number of H-pyrrole nitrogens is 1. The molecular formula is C16H23N3. The minimum Gasteiger partial charge on any atom is -0.358 e. The van der Waals surface area contributed by atoms with E-state index in [1.807, 2.05) is 0 Å². The third kappa shape index (κ3) is 2.40. The van der Waals surface area contributed by atoms with Gasteiger partial charge in [-0.25, -0.2) is 0 Å². The summed E-state index contributed by atoms with van der Waals surface area (Å²) < 4.78 is 0. The zero-order chi connectivity index (χ0) is 13.4. The van der Waals surface area contributed by atoms with E-state index >= 15 is 0 Å². The third-order valence-corrected chi connectivity index (χ3v) is 4.28. The Labute approximate surface area is 115 Å². The van der Waals surface area contributed by atoms with Gasteiger partial charge in [-0.15, -0.1) is 0 Å². The lowest BCUT2D eigenvalue weighted by molar-refractivity contribution is 0.139. The number of para-hydroxylation sites is 1. The summed E-state index contributed by atoms with van der Waals surface area (Å²) >= 11 is 0. The highest BCUT2D eigenvalue weighted by molar-refractivity contribution is 5.84. The fourth-order valence-electron chi connectivity index (χ4n) is 3.06. The Morgan fingerprint density at radius 2 is 2.05 bits per heavy atom. The molecule has 2 N–H and O–H groups in total. The molecule has 3 heteroatoms. The first-order valence-electron chi connectivity index (χ1n) is 7.18. The standard InChI is InChI=1S/C16H23N3/c1-11-9-19(12(2)8-17-11)10-15-13(3)18-16-7-5-4-6-14(15)16/h4-7,11-12,17-18H,8-10H2,1-3H3. The predicted molar refractivity (Wildman–Crippen MR) is 80.4 cm³/mol. The van der Waals surface area contributed by atoms with Gasteiger partial charge < -0.3 is 10.3 Å². The highest BCUT2D eigenvalue weighted by atomic mass is 15.2. The van der Waals surface area contributed by atoms with Crippen LogP contribution in [-0.2, 0) is 6.54 Å². The zero-order valence-corrected chi connectivity index (χ0v) is 12.0. The lowest BCUT2D eigenvalue weighted by Gasteiger charge is -2.37. The van der Waals surface area contributed by atoms with Gasteiger partial charge >= 0.3 is 0 Å². The molecule has 3 nitrogen and oxygen atoms in total. The van der Waals surface area contributed by atoms with Crippen molar-refractivity contribution < 1.29 is 0 Å². The highest BCUT2D eigenvalue weighted by Crippen LogP contribution is 2.24. The van der Waals surface area contributed by atoms with Crippen molar-refractivity contribution in [2.75, 3.05) is 13.1 Å². The molecule has 2 aromatic rings. The molecule has 102 valence electrons. The molecule has 0 aliphatic carbocycles. The molecule has 1 aliphatic heterocycles. The fraction of sp³-hybridized carbons (Fsp3) is 0.500. The van der Waals surface area contributed by atoms with E-state index in [0.717, 1.165) is 19.6 Å². The number of aromatic nitrogens is 1. The highest BCUT2D eigenvalue weighted by Gasteiger charge is 2.23. The van der Waals surface area contributed by atoms with Crippen LogP contribution < -0.4 is 5.32 Å². The number of aryl methyl sites for hydroxylation is 1. The molecule has 0 spiro atoms. The van der Waals surface area contributed by atoms with Gasteiger partial charge in [-0.05, 0) is 32.4 Å².